The fourth-order valence-corrected chi connectivity index (χ4v) is 5.26. The summed E-state index contributed by atoms with van der Waals surface area (Å²) in [5.41, 5.74) is 7.89. The molecule has 0 saturated heterocycles. The van der Waals surface area contributed by atoms with Gasteiger partial charge in [-0.1, -0.05) is 91.8 Å². The maximum Gasteiger partial charge on any atom is 0.128 e. The quantitative estimate of drug-likeness (QED) is 0.217. The second-order valence-electron chi connectivity index (χ2n) is 11.7. The first-order valence-electron chi connectivity index (χ1n) is 14.2. The summed E-state index contributed by atoms with van der Waals surface area (Å²) in [4.78, 5) is 29.2. The Bertz CT molecular complexity index is 1120. The molecule has 39 heavy (non-hydrogen) atoms. The van der Waals surface area contributed by atoms with Crippen LogP contribution >= 0.6 is 0 Å². The van der Waals surface area contributed by atoms with E-state index in [4.69, 9.17) is 0 Å². The van der Waals surface area contributed by atoms with Crippen LogP contribution < -0.4 is 9.80 Å². The molecule has 2 radical (unpaired) electrons. The summed E-state index contributed by atoms with van der Waals surface area (Å²) in [6, 6.07) is 13.1. The number of carbonyl (C=O) groups is 2. The maximum absolute atomic E-state index is 12.8. The Morgan fingerprint density at radius 3 is 1.36 bits per heavy atom. The van der Waals surface area contributed by atoms with Crippen LogP contribution in [0.3, 0.4) is 0 Å². The number of Topliss-reactive ketones (excluding diaryl/α,β-unsaturated/α-hetero) is 2. The summed E-state index contributed by atoms with van der Waals surface area (Å²) in [5, 5.41) is 0. The van der Waals surface area contributed by atoms with Crippen LogP contribution in [0, 0.1) is 12.8 Å². The van der Waals surface area contributed by atoms with Gasteiger partial charge in [-0.15, -0.1) is 11.6 Å². The Morgan fingerprint density at radius 1 is 0.718 bits per heavy atom. The summed E-state index contributed by atoms with van der Waals surface area (Å²) in [6.07, 6.45) is 10.2. The van der Waals surface area contributed by atoms with Crippen LogP contribution in [0.15, 0.2) is 60.4 Å². The van der Waals surface area contributed by atoms with Crippen molar-refractivity contribution < 1.29 is 9.59 Å². The SMILES string of the molecule is CC(=O)[C][CH-]C(=CC1N(c2c(C(C)C)cccc2C(C)C)C=CN1c1c(C(C)C)cccc1C(C)C)C(C)=O. The Hall–Kier alpha value is -3.27. The minimum atomic E-state index is -0.302. The van der Waals surface area contributed by atoms with E-state index >= 15 is 0 Å². The second kappa shape index (κ2) is 12.7. The summed E-state index contributed by atoms with van der Waals surface area (Å²) in [6.45, 7) is 20.8. The van der Waals surface area contributed by atoms with Crippen molar-refractivity contribution in [3.8, 4) is 0 Å². The van der Waals surface area contributed by atoms with E-state index in [1.165, 1.54) is 47.0 Å². The molecular weight excluding hydrogens is 480 g/mol. The van der Waals surface area contributed by atoms with Gasteiger partial charge in [0.05, 0.1) is 6.17 Å². The number of ketones is 2. The fourth-order valence-electron chi connectivity index (χ4n) is 5.26. The molecule has 1 aliphatic heterocycles. The minimum absolute atomic E-state index is 0.0991. The summed E-state index contributed by atoms with van der Waals surface area (Å²) in [5.74, 6) is 0.964. The van der Waals surface area contributed by atoms with Crippen LogP contribution in [0.5, 0.6) is 0 Å². The third-order valence-corrected chi connectivity index (χ3v) is 7.33. The van der Waals surface area contributed by atoms with Crippen molar-refractivity contribution in [1.29, 1.82) is 0 Å². The third-order valence-electron chi connectivity index (χ3n) is 7.33. The van der Waals surface area contributed by atoms with Crippen LogP contribution in [-0.4, -0.2) is 17.7 Å². The third kappa shape index (κ3) is 6.66. The first-order chi connectivity index (χ1) is 18.3. The van der Waals surface area contributed by atoms with E-state index < -0.39 is 0 Å². The first kappa shape index (κ1) is 30.3. The zero-order chi connectivity index (χ0) is 29.0. The lowest BCUT2D eigenvalue weighted by Crippen LogP contribution is -2.40. The summed E-state index contributed by atoms with van der Waals surface area (Å²) >= 11 is 0. The Kier molecular flexibility index (Phi) is 9.88. The normalized spacial score (nSPS) is 14.5. The van der Waals surface area contributed by atoms with Crippen molar-refractivity contribution in [2.24, 2.45) is 0 Å². The van der Waals surface area contributed by atoms with E-state index in [-0.39, 0.29) is 17.7 Å². The average molecular weight is 526 g/mol. The van der Waals surface area contributed by atoms with E-state index in [0.717, 1.165) is 0 Å². The zero-order valence-electron chi connectivity index (χ0n) is 25.4. The zero-order valence-corrected chi connectivity index (χ0v) is 25.4. The summed E-state index contributed by atoms with van der Waals surface area (Å²) in [7, 11) is 0. The Morgan fingerprint density at radius 2 is 1.08 bits per heavy atom. The molecule has 0 aromatic heterocycles. The highest BCUT2D eigenvalue weighted by atomic mass is 16.1. The number of hydrogen-bond donors (Lipinski definition) is 0. The molecule has 1 heterocycles. The number of allylic oxidation sites excluding steroid dienone is 1. The molecular formula is C35H45N2O2-. The average Bonchev–Trinajstić information content (AvgIpc) is 3.27. The fraction of sp³-hybridized carbons (Fsp3) is 0.429. The van der Waals surface area contributed by atoms with Crippen molar-refractivity contribution in [3.05, 3.63) is 95.5 Å². The predicted molar refractivity (Wildman–Crippen MR) is 164 cm³/mol. The lowest BCUT2D eigenvalue weighted by atomic mass is 9.90. The molecule has 0 N–H and O–H groups in total. The molecule has 0 fully saturated rings. The van der Waals surface area contributed by atoms with E-state index in [2.05, 4.69) is 120 Å². The predicted octanol–water partition coefficient (Wildman–Crippen LogP) is 8.69. The molecule has 0 atom stereocenters. The molecule has 4 nitrogen and oxygen atoms in total. The number of carbonyl (C=O) groups excluding carboxylic acids is 2. The molecule has 2 aromatic rings. The lowest BCUT2D eigenvalue weighted by molar-refractivity contribution is -0.113. The molecule has 0 saturated carbocycles. The highest BCUT2D eigenvalue weighted by Crippen LogP contribution is 2.43. The van der Waals surface area contributed by atoms with Gasteiger partial charge in [-0.3, -0.25) is 0 Å². The molecule has 2 aromatic carbocycles. The standard InChI is InChI=1S/C35H45N2O2/c1-22(2)29-13-11-14-30(23(3)4)34(29)36-19-20-37(33(36)21-28(27(10)39)18-17-26(9)38)35-31(24(5)6)15-12-16-32(35)25(7)8/h11-16,18-25,33H,1-10H3/q-1. The highest BCUT2D eigenvalue weighted by molar-refractivity contribution is 5.99. The number of benzene rings is 2. The number of anilines is 2. The molecule has 0 aliphatic carbocycles. The van der Waals surface area contributed by atoms with Gasteiger partial charge in [-0.2, -0.15) is 6.42 Å². The number of hydrogen-bond acceptors (Lipinski definition) is 4. The molecule has 3 rings (SSSR count). The van der Waals surface area contributed by atoms with Gasteiger partial charge in [0.2, 0.25) is 0 Å². The second-order valence-corrected chi connectivity index (χ2v) is 11.7. The van der Waals surface area contributed by atoms with E-state index in [9.17, 15) is 9.59 Å². The van der Waals surface area contributed by atoms with E-state index in [0.29, 0.717) is 29.2 Å². The highest BCUT2D eigenvalue weighted by Gasteiger charge is 2.32. The van der Waals surface area contributed by atoms with Crippen LogP contribution in [-0.2, 0) is 9.59 Å². The lowest BCUT2D eigenvalue weighted by Gasteiger charge is -2.39. The van der Waals surface area contributed by atoms with Crippen LogP contribution in [0.25, 0.3) is 0 Å². The first-order valence-corrected chi connectivity index (χ1v) is 14.2. The molecule has 0 bridgehead atoms. The van der Waals surface area contributed by atoms with Gasteiger partial charge in [0.1, 0.15) is 5.78 Å². The van der Waals surface area contributed by atoms with Gasteiger partial charge in [0, 0.05) is 36.0 Å². The number of para-hydroxylation sites is 2. The maximum atomic E-state index is 12.8. The van der Waals surface area contributed by atoms with Gasteiger partial charge in [0.15, 0.2) is 0 Å². The monoisotopic (exact) mass is 525 g/mol. The molecule has 0 spiro atoms. The van der Waals surface area contributed by atoms with Gasteiger partial charge >= 0.3 is 0 Å². The van der Waals surface area contributed by atoms with Crippen LogP contribution in [0.4, 0.5) is 11.4 Å². The summed E-state index contributed by atoms with van der Waals surface area (Å²) < 4.78 is 0. The van der Waals surface area contributed by atoms with Crippen LogP contribution in [0.2, 0.25) is 0 Å². The Balaban J connectivity index is 2.33. The number of rotatable bonds is 11. The molecule has 4 heteroatoms. The van der Waals surface area contributed by atoms with Gasteiger partial charge < -0.3 is 19.4 Å². The van der Waals surface area contributed by atoms with Crippen LogP contribution in [0.1, 0.15) is 115 Å². The Labute approximate surface area is 236 Å². The van der Waals surface area contributed by atoms with Crippen molar-refractivity contribution in [3.63, 3.8) is 0 Å². The minimum Gasteiger partial charge on any atom is -0.371 e. The van der Waals surface area contributed by atoms with Crippen molar-refractivity contribution in [1.82, 2.24) is 0 Å². The van der Waals surface area contributed by atoms with Crippen molar-refractivity contribution in [2.45, 2.75) is 99.1 Å². The largest absolute Gasteiger partial charge is 0.371 e. The van der Waals surface area contributed by atoms with Crippen molar-refractivity contribution in [2.75, 3.05) is 9.80 Å². The van der Waals surface area contributed by atoms with E-state index in [1.54, 1.807) is 6.92 Å². The molecule has 0 amide bonds. The molecule has 0 unspecified atom stereocenters. The van der Waals surface area contributed by atoms with Gasteiger partial charge in [-0.05, 0) is 59.8 Å². The van der Waals surface area contributed by atoms with Crippen molar-refractivity contribution >= 4 is 22.9 Å². The van der Waals surface area contributed by atoms with Gasteiger partial charge in [0.25, 0.3) is 0 Å². The number of nitrogens with zero attached hydrogens (tertiary/aromatic N) is 2. The molecule has 208 valence electrons. The topological polar surface area (TPSA) is 40.6 Å². The van der Waals surface area contributed by atoms with E-state index in [1.807, 2.05) is 6.08 Å². The van der Waals surface area contributed by atoms with Gasteiger partial charge in [-0.25, -0.2) is 0 Å². The molecule has 1 aliphatic rings. The smallest absolute Gasteiger partial charge is 0.128 e.